The minimum absolute atomic E-state index is 0. The van der Waals surface area contributed by atoms with Crippen molar-refractivity contribution in [1.82, 2.24) is 0 Å². The molecule has 0 saturated carbocycles. The van der Waals surface area contributed by atoms with Crippen LogP contribution in [-0.4, -0.2) is 22.0 Å². The van der Waals surface area contributed by atoms with Crippen molar-refractivity contribution in [3.63, 3.8) is 0 Å². The van der Waals surface area contributed by atoms with Crippen molar-refractivity contribution in [1.29, 1.82) is 0 Å². The van der Waals surface area contributed by atoms with E-state index >= 15 is 0 Å². The smallest absolute Gasteiger partial charge is 0.300 e. The molecule has 0 aromatic rings. The van der Waals surface area contributed by atoms with Gasteiger partial charge < -0.3 is 16.1 Å². The first-order chi connectivity index (χ1) is 1.73. The van der Waals surface area contributed by atoms with Gasteiger partial charge in [-0.3, -0.25) is 4.79 Å². The average molecular weight is 151 g/mol. The van der Waals surface area contributed by atoms with Crippen LogP contribution in [0, 0.1) is 0 Å². The quantitative estimate of drug-likeness (QED) is 0.423. The van der Waals surface area contributed by atoms with E-state index in [0.717, 1.165) is 6.92 Å². The van der Waals surface area contributed by atoms with Crippen molar-refractivity contribution in [3.05, 3.63) is 0 Å². The van der Waals surface area contributed by atoms with Crippen LogP contribution in [0.3, 0.4) is 0 Å². The third kappa shape index (κ3) is 11000. The molecule has 5 heteroatoms. The summed E-state index contributed by atoms with van der Waals surface area (Å²) in [6, 6.07) is 0. The van der Waals surface area contributed by atoms with Gasteiger partial charge in [0.1, 0.15) is 0 Å². The Morgan fingerprint density at radius 3 is 1.43 bits per heavy atom. The molecule has 0 fully saturated rings. The van der Waals surface area contributed by atoms with Gasteiger partial charge in [0, 0.05) is 24.0 Å². The number of hydrogen-bond acceptors (Lipinski definition) is 1. The maximum Gasteiger partial charge on any atom is 0.300 e. The van der Waals surface area contributed by atoms with Crippen molar-refractivity contribution in [2.24, 2.45) is 0 Å². The first kappa shape index (κ1) is 28.5. The normalized spacial score (nSPS) is 3.57. The standard InChI is InChI=1S/C2H4O2.Mn.2H2O/c1-2(3)4;;;/h1H3,(H,3,4);;2*1H2. The zero-order valence-electron chi connectivity index (χ0n) is 3.73. The molecule has 0 rings (SSSR count). The third-order valence-corrected chi connectivity index (χ3v) is 0. The maximum absolute atomic E-state index is 9.00. The molecule has 0 spiro atoms. The van der Waals surface area contributed by atoms with Crippen LogP contribution in [0.4, 0.5) is 0 Å². The van der Waals surface area contributed by atoms with Crippen LogP contribution in [0.1, 0.15) is 6.92 Å². The summed E-state index contributed by atoms with van der Waals surface area (Å²) in [7, 11) is 0. The number of aliphatic carboxylic acids is 1. The molecule has 0 aromatic heterocycles. The molecule has 0 atom stereocenters. The Hall–Kier alpha value is -0.0905. The Morgan fingerprint density at radius 2 is 1.43 bits per heavy atom. The van der Waals surface area contributed by atoms with E-state index in [9.17, 15) is 0 Å². The molecule has 5 N–H and O–H groups in total. The summed E-state index contributed by atoms with van der Waals surface area (Å²) in [6.45, 7) is 1.08. The summed E-state index contributed by atoms with van der Waals surface area (Å²) in [4.78, 5) is 9.00. The van der Waals surface area contributed by atoms with Gasteiger partial charge in [-0.05, 0) is 0 Å². The number of hydrogen-bond donors (Lipinski definition) is 1. The van der Waals surface area contributed by atoms with Crippen LogP contribution in [-0.2, 0) is 21.9 Å². The van der Waals surface area contributed by atoms with Gasteiger partial charge in [-0.1, -0.05) is 0 Å². The Balaban J connectivity index is -0.0000000150. The number of carboxylic acids is 1. The molecule has 0 aromatic carbocycles. The molecule has 0 bridgehead atoms. The molecule has 0 saturated heterocycles. The van der Waals surface area contributed by atoms with E-state index in [1.54, 1.807) is 0 Å². The van der Waals surface area contributed by atoms with Gasteiger partial charge >= 0.3 is 0 Å². The molecule has 1 radical (unpaired) electrons. The molecule has 0 unspecified atom stereocenters. The topological polar surface area (TPSA) is 100 Å². The van der Waals surface area contributed by atoms with E-state index in [1.807, 2.05) is 0 Å². The molecule has 0 aliphatic heterocycles. The summed E-state index contributed by atoms with van der Waals surface area (Å²) in [5, 5.41) is 7.42. The van der Waals surface area contributed by atoms with E-state index in [4.69, 9.17) is 9.90 Å². The van der Waals surface area contributed by atoms with Crippen molar-refractivity contribution in [3.8, 4) is 0 Å². The first-order valence-electron chi connectivity index (χ1n) is 0.928. The summed E-state index contributed by atoms with van der Waals surface area (Å²) in [5.41, 5.74) is 0. The fraction of sp³-hybridized carbons (Fsp3) is 0.500. The van der Waals surface area contributed by atoms with Crippen molar-refractivity contribution in [2.45, 2.75) is 6.92 Å². The minimum Gasteiger partial charge on any atom is -0.481 e. The summed E-state index contributed by atoms with van der Waals surface area (Å²) in [6.07, 6.45) is 0. The Bertz CT molecular complexity index is 32.7. The van der Waals surface area contributed by atoms with Crippen LogP contribution in [0.25, 0.3) is 0 Å². The van der Waals surface area contributed by atoms with Crippen LogP contribution in [0.5, 0.6) is 0 Å². The Morgan fingerprint density at radius 1 is 1.43 bits per heavy atom. The number of rotatable bonds is 0. The predicted octanol–water partition coefficient (Wildman–Crippen LogP) is -1.56. The molecule has 0 heterocycles. The van der Waals surface area contributed by atoms with Gasteiger partial charge in [-0.15, -0.1) is 0 Å². The van der Waals surface area contributed by atoms with Crippen molar-refractivity contribution < 1.29 is 37.9 Å². The van der Waals surface area contributed by atoms with E-state index in [0.29, 0.717) is 0 Å². The zero-order chi connectivity index (χ0) is 3.58. The molecule has 4 nitrogen and oxygen atoms in total. The van der Waals surface area contributed by atoms with Crippen LogP contribution in [0.15, 0.2) is 0 Å². The molecule has 0 aliphatic rings. The van der Waals surface area contributed by atoms with Gasteiger partial charge in [0.05, 0.1) is 0 Å². The second kappa shape index (κ2) is 16.8. The van der Waals surface area contributed by atoms with Crippen molar-refractivity contribution in [2.75, 3.05) is 0 Å². The summed E-state index contributed by atoms with van der Waals surface area (Å²) >= 11 is 0. The van der Waals surface area contributed by atoms with E-state index in [1.165, 1.54) is 0 Å². The molecule has 7 heavy (non-hydrogen) atoms. The minimum atomic E-state index is -0.833. The van der Waals surface area contributed by atoms with Gasteiger partial charge in [-0.2, -0.15) is 0 Å². The van der Waals surface area contributed by atoms with Crippen molar-refractivity contribution >= 4 is 5.97 Å². The van der Waals surface area contributed by atoms with Gasteiger partial charge in [0.2, 0.25) is 0 Å². The largest absolute Gasteiger partial charge is 0.481 e. The van der Waals surface area contributed by atoms with E-state index in [2.05, 4.69) is 0 Å². The Labute approximate surface area is 51.6 Å². The SMILES string of the molecule is CC(=O)O.O.O.[Mn]. The third-order valence-electron chi connectivity index (χ3n) is 0. The zero-order valence-corrected chi connectivity index (χ0v) is 4.91. The van der Waals surface area contributed by atoms with Crippen LogP contribution in [0.2, 0.25) is 0 Å². The van der Waals surface area contributed by atoms with Gasteiger partial charge in [0.25, 0.3) is 5.97 Å². The molecule has 0 amide bonds. The first-order valence-corrected chi connectivity index (χ1v) is 0.928. The molecular weight excluding hydrogens is 143 g/mol. The van der Waals surface area contributed by atoms with E-state index < -0.39 is 5.97 Å². The maximum atomic E-state index is 9.00. The number of carbonyl (C=O) groups is 1. The monoisotopic (exact) mass is 151 g/mol. The predicted molar refractivity (Wildman–Crippen MR) is 20.5 cm³/mol. The number of carboxylic acid groups (broad SMARTS) is 1. The van der Waals surface area contributed by atoms with E-state index in [-0.39, 0.29) is 28.0 Å². The second-order valence-electron chi connectivity index (χ2n) is 0.519. The molecule has 47 valence electrons. The Kier molecular flexibility index (Phi) is 68.5. The molecular formula is C2H8MnO4. The summed E-state index contributed by atoms with van der Waals surface area (Å²) in [5.74, 6) is -0.833. The van der Waals surface area contributed by atoms with Gasteiger partial charge in [-0.25, -0.2) is 0 Å². The van der Waals surface area contributed by atoms with Crippen LogP contribution < -0.4 is 0 Å². The summed E-state index contributed by atoms with van der Waals surface area (Å²) < 4.78 is 0. The fourth-order valence-corrected chi connectivity index (χ4v) is 0. The molecule has 0 aliphatic carbocycles. The average Bonchev–Trinajstić information content (AvgIpc) is 0.811. The second-order valence-corrected chi connectivity index (χ2v) is 0.519. The van der Waals surface area contributed by atoms with Gasteiger partial charge in [0.15, 0.2) is 0 Å². The fourth-order valence-electron chi connectivity index (χ4n) is 0. The van der Waals surface area contributed by atoms with Crippen LogP contribution >= 0.6 is 0 Å².